The fourth-order valence-corrected chi connectivity index (χ4v) is 11.6. The van der Waals surface area contributed by atoms with Crippen molar-refractivity contribution in [2.75, 3.05) is 33.3 Å². The predicted octanol–water partition coefficient (Wildman–Crippen LogP) is 7.58. The number of hydrogen-bond donors (Lipinski definition) is 1. The minimum Gasteiger partial charge on any atom is -0.557 e. The van der Waals surface area contributed by atoms with Crippen molar-refractivity contribution < 1.29 is 22.4 Å². The normalized spacial score (nSPS) is 13.7. The lowest BCUT2D eigenvalue weighted by molar-refractivity contribution is -0.179. The second-order valence-corrected chi connectivity index (χ2v) is 18.6. The van der Waals surface area contributed by atoms with Gasteiger partial charge in [0.25, 0.3) is 0 Å². The number of carbonyl (C=O) groups is 1. The fraction of sp³-hybridized carbons (Fsp3) is 0.359. The zero-order valence-electron chi connectivity index (χ0n) is 30.4. The first kappa shape index (κ1) is 39.0. The standard InChI is InChI=1S/C39H46ClF3N6O2Si/c1-7-49(28(2)29-15-14-16-30(25-29)33-27-48-22-21-44-36(48)35(40)46-33)37(50)45-26-34(39(41,42)43)47(6)23-24-51-52(38(3,4)5,31-17-10-8-11-18-31)32-19-12-9-13-20-32/h8-22,25,27-28,34H,7,23-24,26H2,1-6H3,(H,45,50)/q-1/t28-,34?/m1/s1. The number of halogens is 4. The average molecular weight is 751 g/mol. The molecule has 0 aliphatic heterocycles. The third kappa shape index (κ3) is 8.36. The van der Waals surface area contributed by atoms with E-state index >= 15 is 0 Å². The molecule has 2 aromatic heterocycles. The molecule has 5 aromatic rings. The van der Waals surface area contributed by atoms with Gasteiger partial charge in [-0.05, 0) is 32.5 Å². The Hall–Kier alpha value is -4.23. The SMILES string of the molecule is CCN(C(=O)NCC(N(C)CCO[Si-](c1ccccc1)(c1ccccc1)C(C)(C)C)C(F)(F)F)[C@H](C)c1cccc(-c2cn3ccnc3c(Cl)n2)c1. The van der Waals surface area contributed by atoms with Crippen LogP contribution in [0.15, 0.2) is 104 Å². The Balaban J connectivity index is 1.28. The molecule has 2 heterocycles. The molecule has 0 radical (unpaired) electrons. The summed E-state index contributed by atoms with van der Waals surface area (Å²) < 4.78 is 52.3. The first-order chi connectivity index (χ1) is 24.7. The van der Waals surface area contributed by atoms with E-state index in [0.29, 0.717) is 11.3 Å². The molecule has 8 nitrogen and oxygen atoms in total. The Bertz CT molecular complexity index is 1900. The number of imidazole rings is 1. The lowest BCUT2D eigenvalue weighted by Gasteiger charge is -2.55. The van der Waals surface area contributed by atoms with Crippen molar-refractivity contribution in [1.82, 2.24) is 29.5 Å². The Kier molecular flexibility index (Phi) is 12.1. The minimum atomic E-state index is -4.60. The minimum absolute atomic E-state index is 0.00808. The predicted molar refractivity (Wildman–Crippen MR) is 204 cm³/mol. The number of urea groups is 1. The zero-order valence-corrected chi connectivity index (χ0v) is 32.1. The molecule has 3 aromatic carbocycles. The van der Waals surface area contributed by atoms with Crippen LogP contribution in [-0.4, -0.2) is 84.0 Å². The van der Waals surface area contributed by atoms with Crippen LogP contribution in [0.3, 0.4) is 0 Å². The maximum Gasteiger partial charge on any atom is 0.405 e. The Morgan fingerprint density at radius 1 is 1.00 bits per heavy atom. The van der Waals surface area contributed by atoms with E-state index in [1.165, 1.54) is 16.8 Å². The summed E-state index contributed by atoms with van der Waals surface area (Å²) >= 11 is 6.36. The van der Waals surface area contributed by atoms with Crippen LogP contribution >= 0.6 is 11.6 Å². The lowest BCUT2D eigenvalue weighted by atomic mass is 10.0. The van der Waals surface area contributed by atoms with E-state index in [2.05, 4.69) is 36.1 Å². The summed E-state index contributed by atoms with van der Waals surface area (Å²) in [5, 5.41) is 4.62. The molecule has 0 fully saturated rings. The van der Waals surface area contributed by atoms with Gasteiger partial charge in [-0.15, -0.1) is 5.04 Å². The van der Waals surface area contributed by atoms with Gasteiger partial charge in [0.1, 0.15) is 6.04 Å². The number of rotatable bonds is 13. The second kappa shape index (κ2) is 16.2. The molecule has 1 unspecified atom stereocenters. The summed E-state index contributed by atoms with van der Waals surface area (Å²) in [4.78, 5) is 24.9. The van der Waals surface area contributed by atoms with E-state index in [0.717, 1.165) is 21.5 Å². The van der Waals surface area contributed by atoms with Crippen LogP contribution in [0.2, 0.25) is 10.2 Å². The van der Waals surface area contributed by atoms with Crippen molar-refractivity contribution in [3.05, 3.63) is 114 Å². The number of nitrogens with one attached hydrogen (secondary N) is 1. The van der Waals surface area contributed by atoms with E-state index in [1.54, 1.807) is 23.7 Å². The highest BCUT2D eigenvalue weighted by Gasteiger charge is 2.43. The molecule has 0 saturated carbocycles. The summed E-state index contributed by atoms with van der Waals surface area (Å²) in [5.41, 5.74) is 2.73. The molecule has 2 amide bonds. The van der Waals surface area contributed by atoms with E-state index in [9.17, 15) is 18.0 Å². The highest BCUT2D eigenvalue weighted by atomic mass is 35.5. The van der Waals surface area contributed by atoms with Crippen LogP contribution in [0, 0.1) is 0 Å². The molecule has 277 valence electrons. The molecule has 1 N–H and O–H groups in total. The number of carbonyl (C=O) groups excluding carboxylic acids is 1. The van der Waals surface area contributed by atoms with Gasteiger partial charge in [0, 0.05) is 50.4 Å². The Labute approximate surface area is 309 Å². The van der Waals surface area contributed by atoms with Gasteiger partial charge in [0.05, 0.1) is 20.1 Å². The first-order valence-corrected chi connectivity index (χ1v) is 19.6. The van der Waals surface area contributed by atoms with Crippen LogP contribution in [0.4, 0.5) is 18.0 Å². The van der Waals surface area contributed by atoms with Crippen LogP contribution in [0.1, 0.15) is 46.2 Å². The molecular weight excluding hydrogens is 705 g/mol. The molecule has 0 aliphatic rings. The van der Waals surface area contributed by atoms with E-state index < -0.39 is 39.2 Å². The van der Waals surface area contributed by atoms with Crippen LogP contribution < -0.4 is 15.7 Å². The summed E-state index contributed by atoms with van der Waals surface area (Å²) in [6, 6.07) is 24.5. The molecule has 0 spiro atoms. The summed E-state index contributed by atoms with van der Waals surface area (Å²) in [5.74, 6) is 0. The van der Waals surface area contributed by atoms with Crippen LogP contribution in [0.25, 0.3) is 16.9 Å². The summed E-state index contributed by atoms with van der Waals surface area (Å²) in [7, 11) is -1.51. The quantitative estimate of drug-likeness (QED) is 0.126. The maximum atomic E-state index is 14.6. The van der Waals surface area contributed by atoms with Gasteiger partial charge >= 0.3 is 12.2 Å². The van der Waals surface area contributed by atoms with Gasteiger partial charge in [0.15, 0.2) is 10.8 Å². The van der Waals surface area contributed by atoms with Gasteiger partial charge in [-0.25, -0.2) is 14.8 Å². The highest BCUT2D eigenvalue weighted by Crippen LogP contribution is 2.37. The van der Waals surface area contributed by atoms with Crippen molar-refractivity contribution in [2.45, 2.75) is 57.9 Å². The third-order valence-corrected chi connectivity index (χ3v) is 14.9. The number of alkyl halides is 3. The van der Waals surface area contributed by atoms with Crippen molar-refractivity contribution in [1.29, 1.82) is 0 Å². The summed E-state index contributed by atoms with van der Waals surface area (Å²) in [6.45, 7) is 9.76. The first-order valence-electron chi connectivity index (χ1n) is 17.3. The maximum absolute atomic E-state index is 14.6. The molecule has 0 aliphatic carbocycles. The monoisotopic (exact) mass is 750 g/mol. The molecule has 5 rings (SSSR count). The van der Waals surface area contributed by atoms with Gasteiger partial charge in [-0.1, -0.05) is 111 Å². The summed E-state index contributed by atoms with van der Waals surface area (Å²) in [6.07, 6.45) is 0.628. The lowest BCUT2D eigenvalue weighted by Crippen LogP contribution is -2.67. The van der Waals surface area contributed by atoms with Crippen molar-refractivity contribution in [3.8, 4) is 11.3 Å². The fourth-order valence-electron chi connectivity index (χ4n) is 6.83. The molecule has 0 saturated heterocycles. The largest absolute Gasteiger partial charge is 0.557 e. The number of aromatic nitrogens is 3. The van der Waals surface area contributed by atoms with Gasteiger partial charge in [0.2, 0.25) is 0 Å². The van der Waals surface area contributed by atoms with Crippen LogP contribution in [-0.2, 0) is 4.43 Å². The average Bonchev–Trinajstić information content (AvgIpc) is 3.60. The number of amides is 2. The molecule has 2 atom stereocenters. The van der Waals surface area contributed by atoms with Crippen molar-refractivity contribution in [3.63, 3.8) is 0 Å². The number of hydrogen-bond acceptors (Lipinski definition) is 5. The number of fused-ring (bicyclic) bond motifs is 1. The van der Waals surface area contributed by atoms with E-state index in [-0.39, 0.29) is 29.9 Å². The van der Waals surface area contributed by atoms with E-state index in [1.807, 2.05) is 98.0 Å². The van der Waals surface area contributed by atoms with Gasteiger partial charge in [-0.2, -0.15) is 23.5 Å². The molecule has 52 heavy (non-hydrogen) atoms. The second-order valence-electron chi connectivity index (χ2n) is 13.9. The molecular formula is C39H46ClF3N6O2Si-. The highest BCUT2D eigenvalue weighted by molar-refractivity contribution is 6.99. The van der Waals surface area contributed by atoms with Gasteiger partial charge in [-0.3, -0.25) is 4.90 Å². The number of benzene rings is 3. The number of likely N-dealkylation sites (N-methyl/N-ethyl adjacent to an activating group) is 1. The Morgan fingerprint density at radius 2 is 1.63 bits per heavy atom. The van der Waals surface area contributed by atoms with Crippen molar-refractivity contribution in [2.24, 2.45) is 0 Å². The number of nitrogens with zero attached hydrogens (tertiary/aromatic N) is 5. The van der Waals surface area contributed by atoms with Gasteiger partial charge < -0.3 is 19.0 Å². The smallest absolute Gasteiger partial charge is 0.405 e. The van der Waals surface area contributed by atoms with E-state index in [4.69, 9.17) is 16.0 Å². The molecule has 13 heteroatoms. The molecule has 0 bridgehead atoms. The third-order valence-electron chi connectivity index (χ3n) is 9.60. The Morgan fingerprint density at radius 3 is 2.21 bits per heavy atom. The topological polar surface area (TPSA) is 75.0 Å². The van der Waals surface area contributed by atoms with Crippen molar-refractivity contribution >= 4 is 42.0 Å². The van der Waals surface area contributed by atoms with Crippen LogP contribution in [0.5, 0.6) is 0 Å². The zero-order chi connectivity index (χ0) is 37.7.